The van der Waals surface area contributed by atoms with Crippen LogP contribution in [-0.4, -0.2) is 41.5 Å². The van der Waals surface area contributed by atoms with Gasteiger partial charge in [0, 0.05) is 12.0 Å². The van der Waals surface area contributed by atoms with Gasteiger partial charge in [-0.2, -0.15) is 0 Å². The van der Waals surface area contributed by atoms with E-state index in [4.69, 9.17) is 5.11 Å². The van der Waals surface area contributed by atoms with Gasteiger partial charge in [-0.3, -0.25) is 4.79 Å². The van der Waals surface area contributed by atoms with Crippen molar-refractivity contribution >= 4 is 5.78 Å². The summed E-state index contributed by atoms with van der Waals surface area (Å²) in [6, 6.07) is 4.15. The number of carbonyl (C=O) groups is 1. The van der Waals surface area contributed by atoms with Crippen molar-refractivity contribution in [3.05, 3.63) is 23.8 Å². The van der Waals surface area contributed by atoms with Crippen LogP contribution in [0.5, 0.6) is 11.5 Å². The number of hydrogen-bond donors (Lipinski definition) is 2. The molecule has 0 aliphatic rings. The lowest BCUT2D eigenvalue weighted by atomic mass is 10.1. The third kappa shape index (κ3) is 3.55. The Labute approximate surface area is 95.1 Å². The number of rotatable bonds is 5. The molecule has 4 nitrogen and oxygen atoms in total. The maximum absolute atomic E-state index is 11.7. The van der Waals surface area contributed by atoms with Crippen molar-refractivity contribution < 1.29 is 15.0 Å². The van der Waals surface area contributed by atoms with E-state index in [9.17, 15) is 9.90 Å². The lowest BCUT2D eigenvalue weighted by Crippen LogP contribution is -2.14. The van der Waals surface area contributed by atoms with Crippen molar-refractivity contribution in [3.8, 4) is 11.5 Å². The van der Waals surface area contributed by atoms with Gasteiger partial charge >= 0.3 is 0 Å². The lowest BCUT2D eigenvalue weighted by molar-refractivity contribution is 0.0977. The van der Waals surface area contributed by atoms with Crippen molar-refractivity contribution in [3.63, 3.8) is 0 Å². The molecule has 16 heavy (non-hydrogen) atoms. The number of benzene rings is 1. The van der Waals surface area contributed by atoms with Crippen LogP contribution < -0.4 is 0 Å². The molecule has 1 aromatic rings. The molecule has 0 spiro atoms. The molecule has 2 N–H and O–H groups in total. The Morgan fingerprint density at radius 3 is 2.50 bits per heavy atom. The van der Waals surface area contributed by atoms with Gasteiger partial charge in [0.15, 0.2) is 17.3 Å². The van der Waals surface area contributed by atoms with Crippen LogP contribution in [0.1, 0.15) is 23.2 Å². The topological polar surface area (TPSA) is 60.8 Å². The van der Waals surface area contributed by atoms with E-state index in [1.165, 1.54) is 18.2 Å². The summed E-state index contributed by atoms with van der Waals surface area (Å²) in [6.07, 6.45) is 1.23. The average molecular weight is 223 g/mol. The predicted molar refractivity (Wildman–Crippen MR) is 61.9 cm³/mol. The van der Waals surface area contributed by atoms with Gasteiger partial charge in [0.2, 0.25) is 0 Å². The van der Waals surface area contributed by atoms with Gasteiger partial charge < -0.3 is 15.1 Å². The maximum Gasteiger partial charge on any atom is 0.163 e. The summed E-state index contributed by atoms with van der Waals surface area (Å²) in [4.78, 5) is 13.7. The lowest BCUT2D eigenvalue weighted by Gasteiger charge is -2.08. The van der Waals surface area contributed by atoms with Crippen LogP contribution in [0.3, 0.4) is 0 Å². The Hall–Kier alpha value is -1.55. The van der Waals surface area contributed by atoms with Crippen LogP contribution in [0.2, 0.25) is 0 Å². The molecule has 0 aliphatic carbocycles. The Morgan fingerprint density at radius 2 is 1.94 bits per heavy atom. The van der Waals surface area contributed by atoms with E-state index >= 15 is 0 Å². The van der Waals surface area contributed by atoms with E-state index in [1.54, 1.807) is 0 Å². The Kier molecular flexibility index (Phi) is 4.31. The van der Waals surface area contributed by atoms with Crippen molar-refractivity contribution in [2.24, 2.45) is 0 Å². The first-order valence-electron chi connectivity index (χ1n) is 5.20. The minimum Gasteiger partial charge on any atom is -0.504 e. The first-order chi connectivity index (χ1) is 7.50. The van der Waals surface area contributed by atoms with E-state index in [0.717, 1.165) is 13.0 Å². The monoisotopic (exact) mass is 223 g/mol. The van der Waals surface area contributed by atoms with E-state index < -0.39 is 0 Å². The van der Waals surface area contributed by atoms with Crippen molar-refractivity contribution in [1.82, 2.24) is 4.90 Å². The van der Waals surface area contributed by atoms with Crippen LogP contribution in [0.25, 0.3) is 0 Å². The number of hydrogen-bond acceptors (Lipinski definition) is 4. The smallest absolute Gasteiger partial charge is 0.163 e. The molecule has 0 saturated heterocycles. The zero-order chi connectivity index (χ0) is 12.1. The fourth-order valence-electron chi connectivity index (χ4n) is 1.40. The maximum atomic E-state index is 11.7. The van der Waals surface area contributed by atoms with Crippen LogP contribution in [0.15, 0.2) is 18.2 Å². The van der Waals surface area contributed by atoms with Gasteiger partial charge in [0.1, 0.15) is 0 Å². The van der Waals surface area contributed by atoms with Crippen LogP contribution >= 0.6 is 0 Å². The summed E-state index contributed by atoms with van der Waals surface area (Å²) in [6.45, 7) is 0.857. The normalized spacial score (nSPS) is 10.7. The number of aromatic hydroxyl groups is 2. The van der Waals surface area contributed by atoms with Gasteiger partial charge in [-0.25, -0.2) is 0 Å². The van der Waals surface area contributed by atoms with Crippen LogP contribution in [-0.2, 0) is 0 Å². The van der Waals surface area contributed by atoms with Crippen molar-refractivity contribution in [1.29, 1.82) is 0 Å². The zero-order valence-corrected chi connectivity index (χ0v) is 9.60. The first-order valence-corrected chi connectivity index (χ1v) is 5.20. The van der Waals surface area contributed by atoms with Crippen molar-refractivity contribution in [2.45, 2.75) is 12.8 Å². The average Bonchev–Trinajstić information content (AvgIpc) is 2.21. The summed E-state index contributed by atoms with van der Waals surface area (Å²) >= 11 is 0. The number of phenols is 2. The number of Topliss-reactive ketones (excluding diaryl/α,β-unsaturated/α-hetero) is 1. The van der Waals surface area contributed by atoms with Gasteiger partial charge in [-0.1, -0.05) is 0 Å². The molecule has 88 valence electrons. The quantitative estimate of drug-likeness (QED) is 0.588. The number of ketones is 1. The van der Waals surface area contributed by atoms with Gasteiger partial charge in [0.25, 0.3) is 0 Å². The third-order valence-electron chi connectivity index (χ3n) is 2.31. The van der Waals surface area contributed by atoms with E-state index in [-0.39, 0.29) is 17.3 Å². The molecule has 0 aliphatic heterocycles. The molecule has 0 radical (unpaired) electrons. The van der Waals surface area contributed by atoms with Gasteiger partial charge in [-0.05, 0) is 45.3 Å². The zero-order valence-electron chi connectivity index (χ0n) is 9.60. The highest BCUT2D eigenvalue weighted by molar-refractivity contribution is 5.96. The first kappa shape index (κ1) is 12.5. The highest BCUT2D eigenvalue weighted by atomic mass is 16.3. The summed E-state index contributed by atoms with van der Waals surface area (Å²) in [5, 5.41) is 18.4. The van der Waals surface area contributed by atoms with Crippen molar-refractivity contribution in [2.75, 3.05) is 20.6 Å². The van der Waals surface area contributed by atoms with Gasteiger partial charge in [-0.15, -0.1) is 0 Å². The molecule has 0 fully saturated rings. The second kappa shape index (κ2) is 5.51. The summed E-state index contributed by atoms with van der Waals surface area (Å²) in [5.41, 5.74) is 0.439. The molecular formula is C12H17NO3. The SMILES string of the molecule is CN(C)CCCC(=O)c1ccc(O)c(O)c1. The molecule has 1 rings (SSSR count). The minimum absolute atomic E-state index is 0.0165. The standard InChI is InChI=1S/C12H17NO3/c1-13(2)7-3-4-10(14)9-5-6-11(15)12(16)8-9/h5-6,8,15-16H,3-4,7H2,1-2H3. The largest absolute Gasteiger partial charge is 0.504 e. The van der Waals surface area contributed by atoms with E-state index in [0.29, 0.717) is 12.0 Å². The molecule has 1 aromatic carbocycles. The van der Waals surface area contributed by atoms with Crippen LogP contribution in [0, 0.1) is 0 Å². The highest BCUT2D eigenvalue weighted by Crippen LogP contribution is 2.25. The molecule has 0 saturated carbocycles. The Morgan fingerprint density at radius 1 is 1.25 bits per heavy atom. The number of phenolic OH excluding ortho intramolecular Hbond substituents is 2. The second-order valence-electron chi connectivity index (χ2n) is 4.03. The highest BCUT2D eigenvalue weighted by Gasteiger charge is 2.08. The molecule has 0 heterocycles. The van der Waals surface area contributed by atoms with E-state index in [2.05, 4.69) is 0 Å². The second-order valence-corrected chi connectivity index (χ2v) is 4.03. The summed E-state index contributed by atoms with van der Waals surface area (Å²) in [7, 11) is 3.91. The number of carbonyl (C=O) groups excluding carboxylic acids is 1. The summed E-state index contributed by atoms with van der Waals surface area (Å²) < 4.78 is 0. The van der Waals surface area contributed by atoms with E-state index in [1.807, 2.05) is 19.0 Å². The minimum atomic E-state index is -0.251. The summed E-state index contributed by atoms with van der Waals surface area (Å²) in [5.74, 6) is -0.472. The molecule has 4 heteroatoms. The molecular weight excluding hydrogens is 206 g/mol. The van der Waals surface area contributed by atoms with Gasteiger partial charge in [0.05, 0.1) is 0 Å². The molecule has 0 aromatic heterocycles. The predicted octanol–water partition coefficient (Wildman–Crippen LogP) is 1.62. The fraction of sp³-hybridized carbons (Fsp3) is 0.417. The molecule has 0 atom stereocenters. The molecule has 0 unspecified atom stereocenters. The third-order valence-corrected chi connectivity index (χ3v) is 2.31. The molecule has 0 amide bonds. The Bertz CT molecular complexity index is 375. The van der Waals surface area contributed by atoms with Crippen LogP contribution in [0.4, 0.5) is 0 Å². The number of nitrogens with zero attached hydrogens (tertiary/aromatic N) is 1. The fourth-order valence-corrected chi connectivity index (χ4v) is 1.40. The molecule has 0 bridgehead atoms. The Balaban J connectivity index is 2.56.